The van der Waals surface area contributed by atoms with Gasteiger partial charge in [0.2, 0.25) is 0 Å². The minimum Gasteiger partial charge on any atom is -0.356 e. The second-order valence-electron chi connectivity index (χ2n) is 5.22. The lowest BCUT2D eigenvalue weighted by Gasteiger charge is -2.21. The van der Waals surface area contributed by atoms with Crippen molar-refractivity contribution in [2.45, 2.75) is 26.2 Å². The molecule has 1 rings (SSSR count). The van der Waals surface area contributed by atoms with Crippen LogP contribution in [0.5, 0.6) is 0 Å². The van der Waals surface area contributed by atoms with Crippen LogP contribution in [-0.4, -0.2) is 50.5 Å². The molecule has 0 bridgehead atoms. The summed E-state index contributed by atoms with van der Waals surface area (Å²) in [7, 11) is 3.84. The molecule has 22 heavy (non-hydrogen) atoms. The van der Waals surface area contributed by atoms with Gasteiger partial charge in [-0.2, -0.15) is 0 Å². The van der Waals surface area contributed by atoms with Crippen LogP contribution >= 0.6 is 0 Å². The fourth-order valence-electron chi connectivity index (χ4n) is 2.07. The SMILES string of the molecule is CCCCN(C)C(=NC)NCCCNC(=O)c1ccccc1. The average Bonchev–Trinajstić information content (AvgIpc) is 2.56. The van der Waals surface area contributed by atoms with Gasteiger partial charge in [-0.25, -0.2) is 0 Å². The van der Waals surface area contributed by atoms with E-state index in [4.69, 9.17) is 0 Å². The normalized spacial score (nSPS) is 11.1. The molecule has 0 spiro atoms. The number of amides is 1. The zero-order chi connectivity index (χ0) is 16.2. The molecule has 0 aliphatic rings. The van der Waals surface area contributed by atoms with Crippen LogP contribution in [0.1, 0.15) is 36.5 Å². The number of rotatable bonds is 8. The topological polar surface area (TPSA) is 56.7 Å². The molecule has 5 nitrogen and oxygen atoms in total. The Morgan fingerprint density at radius 3 is 2.45 bits per heavy atom. The lowest BCUT2D eigenvalue weighted by Crippen LogP contribution is -2.40. The van der Waals surface area contributed by atoms with Crippen molar-refractivity contribution < 1.29 is 4.79 Å². The Balaban J connectivity index is 2.20. The third kappa shape index (κ3) is 6.61. The molecule has 0 atom stereocenters. The number of carbonyl (C=O) groups is 1. The Kier molecular flexibility index (Phi) is 8.72. The van der Waals surface area contributed by atoms with E-state index < -0.39 is 0 Å². The van der Waals surface area contributed by atoms with Crippen LogP contribution in [-0.2, 0) is 0 Å². The van der Waals surface area contributed by atoms with Crippen molar-refractivity contribution in [2.75, 3.05) is 33.7 Å². The van der Waals surface area contributed by atoms with Crippen LogP contribution in [0.25, 0.3) is 0 Å². The molecule has 0 aliphatic heterocycles. The quantitative estimate of drug-likeness (QED) is 0.439. The number of hydrogen-bond donors (Lipinski definition) is 2. The highest BCUT2D eigenvalue weighted by molar-refractivity contribution is 5.94. The summed E-state index contributed by atoms with van der Waals surface area (Å²) >= 11 is 0. The second kappa shape index (κ2) is 10.7. The molecule has 0 saturated heterocycles. The first-order valence-corrected chi connectivity index (χ1v) is 7.94. The van der Waals surface area contributed by atoms with Crippen molar-refractivity contribution in [1.29, 1.82) is 0 Å². The standard InChI is InChI=1S/C17H28N4O/c1-4-5-14-21(3)17(18-2)20-13-9-12-19-16(22)15-10-7-6-8-11-15/h6-8,10-11H,4-5,9,12-14H2,1-3H3,(H,18,20)(H,19,22). The minimum absolute atomic E-state index is 0.0231. The van der Waals surface area contributed by atoms with E-state index in [2.05, 4.69) is 27.4 Å². The van der Waals surface area contributed by atoms with Crippen LogP contribution in [0, 0.1) is 0 Å². The molecule has 0 aromatic heterocycles. The second-order valence-corrected chi connectivity index (χ2v) is 5.22. The predicted molar refractivity (Wildman–Crippen MR) is 92.3 cm³/mol. The van der Waals surface area contributed by atoms with Gasteiger partial charge >= 0.3 is 0 Å². The predicted octanol–water partition coefficient (Wildman–Crippen LogP) is 2.11. The number of benzene rings is 1. The van der Waals surface area contributed by atoms with Gasteiger partial charge in [-0.15, -0.1) is 0 Å². The summed E-state index contributed by atoms with van der Waals surface area (Å²) in [6, 6.07) is 9.27. The van der Waals surface area contributed by atoms with Crippen molar-refractivity contribution in [1.82, 2.24) is 15.5 Å². The number of nitrogens with zero attached hydrogens (tertiary/aromatic N) is 2. The highest BCUT2D eigenvalue weighted by Crippen LogP contribution is 1.97. The average molecular weight is 304 g/mol. The minimum atomic E-state index is -0.0231. The summed E-state index contributed by atoms with van der Waals surface area (Å²) in [5, 5.41) is 6.24. The number of unbranched alkanes of at least 4 members (excludes halogenated alkanes) is 1. The van der Waals surface area contributed by atoms with E-state index in [9.17, 15) is 4.79 Å². The Morgan fingerprint density at radius 2 is 1.82 bits per heavy atom. The molecule has 1 aromatic rings. The number of carbonyl (C=O) groups excluding carboxylic acids is 1. The first-order valence-electron chi connectivity index (χ1n) is 7.94. The largest absolute Gasteiger partial charge is 0.356 e. The smallest absolute Gasteiger partial charge is 0.251 e. The molecule has 2 N–H and O–H groups in total. The molecule has 0 radical (unpaired) electrons. The number of hydrogen-bond acceptors (Lipinski definition) is 2. The summed E-state index contributed by atoms with van der Waals surface area (Å²) in [4.78, 5) is 18.3. The molecule has 0 saturated carbocycles. The van der Waals surface area contributed by atoms with Crippen molar-refractivity contribution in [3.8, 4) is 0 Å². The third-order valence-electron chi connectivity index (χ3n) is 3.38. The molecular formula is C17H28N4O. The fourth-order valence-corrected chi connectivity index (χ4v) is 2.07. The van der Waals surface area contributed by atoms with Gasteiger partial charge < -0.3 is 15.5 Å². The highest BCUT2D eigenvalue weighted by atomic mass is 16.1. The maximum Gasteiger partial charge on any atom is 0.251 e. The van der Waals surface area contributed by atoms with Gasteiger partial charge in [-0.1, -0.05) is 31.5 Å². The summed E-state index contributed by atoms with van der Waals surface area (Å²) in [5.41, 5.74) is 0.700. The van der Waals surface area contributed by atoms with Crippen LogP contribution in [0.2, 0.25) is 0 Å². The van der Waals surface area contributed by atoms with Crippen LogP contribution in [0.15, 0.2) is 35.3 Å². The number of guanidine groups is 1. The van der Waals surface area contributed by atoms with Gasteiger partial charge in [0.25, 0.3) is 5.91 Å². The van der Waals surface area contributed by atoms with Gasteiger partial charge in [0.15, 0.2) is 5.96 Å². The van der Waals surface area contributed by atoms with Crippen molar-refractivity contribution in [3.63, 3.8) is 0 Å². The van der Waals surface area contributed by atoms with Gasteiger partial charge in [0.1, 0.15) is 0 Å². The summed E-state index contributed by atoms with van der Waals surface area (Å²) < 4.78 is 0. The number of nitrogens with one attached hydrogen (secondary N) is 2. The summed E-state index contributed by atoms with van der Waals surface area (Å²) in [5.74, 6) is 0.882. The van der Waals surface area contributed by atoms with Crippen LogP contribution in [0.3, 0.4) is 0 Å². The molecule has 5 heteroatoms. The molecule has 0 aliphatic carbocycles. The Hall–Kier alpha value is -2.04. The van der Waals surface area contributed by atoms with Gasteiger partial charge in [0, 0.05) is 39.3 Å². The Bertz CT molecular complexity index is 459. The molecule has 122 valence electrons. The van der Waals surface area contributed by atoms with Crippen LogP contribution in [0.4, 0.5) is 0 Å². The Morgan fingerprint density at radius 1 is 1.14 bits per heavy atom. The molecule has 1 amide bonds. The maximum absolute atomic E-state index is 11.9. The molecular weight excluding hydrogens is 276 g/mol. The lowest BCUT2D eigenvalue weighted by molar-refractivity contribution is 0.0953. The summed E-state index contributed by atoms with van der Waals surface area (Å²) in [6.45, 7) is 4.62. The number of aliphatic imine (C=N–C) groups is 1. The van der Waals surface area contributed by atoms with Crippen LogP contribution < -0.4 is 10.6 Å². The summed E-state index contributed by atoms with van der Waals surface area (Å²) in [6.07, 6.45) is 3.19. The third-order valence-corrected chi connectivity index (χ3v) is 3.38. The van der Waals surface area contributed by atoms with Crippen molar-refractivity contribution in [3.05, 3.63) is 35.9 Å². The monoisotopic (exact) mass is 304 g/mol. The van der Waals surface area contributed by atoms with E-state index in [1.165, 1.54) is 6.42 Å². The van der Waals surface area contributed by atoms with Gasteiger partial charge in [-0.3, -0.25) is 9.79 Å². The highest BCUT2D eigenvalue weighted by Gasteiger charge is 2.05. The van der Waals surface area contributed by atoms with E-state index in [0.29, 0.717) is 12.1 Å². The van der Waals surface area contributed by atoms with Crippen molar-refractivity contribution in [2.24, 2.45) is 4.99 Å². The van der Waals surface area contributed by atoms with Gasteiger partial charge in [0.05, 0.1) is 0 Å². The molecule has 0 fully saturated rings. The zero-order valence-corrected chi connectivity index (χ0v) is 13.9. The zero-order valence-electron chi connectivity index (χ0n) is 13.9. The van der Waals surface area contributed by atoms with Gasteiger partial charge in [-0.05, 0) is 25.0 Å². The van der Waals surface area contributed by atoms with E-state index in [-0.39, 0.29) is 5.91 Å². The molecule has 1 aromatic carbocycles. The van der Waals surface area contributed by atoms with Crippen molar-refractivity contribution >= 4 is 11.9 Å². The first kappa shape index (κ1) is 18.0. The molecule has 0 heterocycles. The van der Waals surface area contributed by atoms with E-state index in [1.54, 1.807) is 7.05 Å². The Labute approximate surface area is 133 Å². The van der Waals surface area contributed by atoms with E-state index >= 15 is 0 Å². The lowest BCUT2D eigenvalue weighted by atomic mass is 10.2. The maximum atomic E-state index is 11.9. The van der Waals surface area contributed by atoms with E-state index in [1.807, 2.05) is 37.4 Å². The first-order chi connectivity index (χ1) is 10.7. The van der Waals surface area contributed by atoms with E-state index in [0.717, 1.165) is 31.9 Å². The molecule has 0 unspecified atom stereocenters. The fraction of sp³-hybridized carbons (Fsp3) is 0.529.